The third-order valence-corrected chi connectivity index (χ3v) is 4.42. The van der Waals surface area contributed by atoms with E-state index in [0.717, 1.165) is 35.4 Å². The summed E-state index contributed by atoms with van der Waals surface area (Å²) in [7, 11) is 4.16. The Balaban J connectivity index is 2.12. The largest absolute Gasteiger partial charge is 0.414 e. The van der Waals surface area contributed by atoms with Gasteiger partial charge in [0.2, 0.25) is 0 Å². The predicted molar refractivity (Wildman–Crippen MR) is 114 cm³/mol. The van der Waals surface area contributed by atoms with Gasteiger partial charge in [-0.25, -0.2) is 0 Å². The van der Waals surface area contributed by atoms with Crippen LogP contribution in [0.3, 0.4) is 0 Å². The minimum Gasteiger partial charge on any atom is -0.402 e. The Morgan fingerprint density at radius 1 is 1.08 bits per heavy atom. The van der Waals surface area contributed by atoms with Crippen LogP contribution in [0.4, 0.5) is 0 Å². The lowest BCUT2D eigenvalue weighted by molar-refractivity contribution is 0.413. The first-order chi connectivity index (χ1) is 12.3. The number of amidine groups is 1. The fraction of sp³-hybridized carbons (Fsp3) is 0.333. The molecule has 0 aliphatic rings. The normalized spacial score (nSPS) is 11.7. The Kier molecular flexibility index (Phi) is 7.00. The van der Waals surface area contributed by atoms with Crippen LogP contribution in [0.25, 0.3) is 0 Å². The van der Waals surface area contributed by atoms with Gasteiger partial charge in [0.25, 0.3) is 0 Å². The summed E-state index contributed by atoms with van der Waals surface area (Å²) < 4.78 is 5.83. The molecule has 0 fully saturated rings. The summed E-state index contributed by atoms with van der Waals surface area (Å²) in [6.07, 6.45) is 1.01. The second kappa shape index (κ2) is 9.01. The highest BCUT2D eigenvalue weighted by Crippen LogP contribution is 2.23. The van der Waals surface area contributed by atoms with Crippen molar-refractivity contribution >= 4 is 23.7 Å². The minimum atomic E-state index is 0.159. The number of likely N-dealkylation sites (N-methyl/N-ethyl adjacent to an activating group) is 1. The minimum absolute atomic E-state index is 0.159. The van der Waals surface area contributed by atoms with Crippen LogP contribution in [0.2, 0.25) is 0 Å². The van der Waals surface area contributed by atoms with Crippen molar-refractivity contribution in [1.29, 1.82) is 5.41 Å². The number of rotatable bonds is 5. The Bertz CT molecular complexity index is 811. The fourth-order valence-electron chi connectivity index (χ4n) is 2.58. The molecule has 0 spiro atoms. The van der Waals surface area contributed by atoms with Gasteiger partial charge < -0.3 is 9.64 Å². The Morgan fingerprint density at radius 2 is 1.73 bits per heavy atom. The van der Waals surface area contributed by atoms with Crippen LogP contribution >= 0.6 is 0 Å². The molecule has 26 heavy (non-hydrogen) atoms. The molecule has 0 aromatic heterocycles. The van der Waals surface area contributed by atoms with Gasteiger partial charge in [0, 0.05) is 12.1 Å². The van der Waals surface area contributed by atoms with Crippen LogP contribution in [-0.2, 0) is 19.0 Å². The van der Waals surface area contributed by atoms with Crippen LogP contribution in [0.5, 0.6) is 5.75 Å². The third kappa shape index (κ3) is 5.71. The second-order valence-corrected chi connectivity index (χ2v) is 7.26. The van der Waals surface area contributed by atoms with E-state index in [0.29, 0.717) is 0 Å². The zero-order valence-corrected chi connectivity index (χ0v) is 17.2. The van der Waals surface area contributed by atoms with Gasteiger partial charge in [-0.3, -0.25) is 5.41 Å². The number of benzene rings is 2. The molecule has 0 aliphatic heterocycles. The summed E-state index contributed by atoms with van der Waals surface area (Å²) in [4.78, 5) is 6.39. The van der Waals surface area contributed by atoms with Crippen molar-refractivity contribution in [1.82, 2.24) is 4.90 Å². The average molecular weight is 371 g/mol. The standard InChI is InChI=1S/C21H27N3OS/c1-14-6-8-17(9-7-14)20(22)23-21(26)25-19-13-15(2)18(12-16(19)3)10-11-24(4)5/h6-9,12-13H,10-11H2,1-5H3,(H2,22,23,26)/p+1. The van der Waals surface area contributed by atoms with E-state index in [1.807, 2.05) is 44.2 Å². The molecule has 0 heterocycles. The first-order valence-corrected chi connectivity index (χ1v) is 9.15. The van der Waals surface area contributed by atoms with Gasteiger partial charge >= 0.3 is 5.23 Å². The molecule has 0 saturated heterocycles. The number of nitrogens with zero attached hydrogens (tertiary/aromatic N) is 2. The van der Waals surface area contributed by atoms with E-state index in [1.54, 1.807) is 0 Å². The number of hydrogen-bond donors (Lipinski definition) is 1. The maximum Gasteiger partial charge on any atom is 0.414 e. The predicted octanol–water partition coefficient (Wildman–Crippen LogP) is 3.49. The Labute approximate surface area is 161 Å². The van der Waals surface area contributed by atoms with Crippen molar-refractivity contribution in [2.75, 3.05) is 20.6 Å². The lowest BCUT2D eigenvalue weighted by Gasteiger charge is -2.14. The summed E-state index contributed by atoms with van der Waals surface area (Å²) >= 11 is 3.39. The highest BCUT2D eigenvalue weighted by molar-refractivity contribution is 7.77. The quantitative estimate of drug-likeness (QED) is 0.498. The molecule has 138 valence electrons. The SMILES string of the molecule is Cc1ccc(C(=N)N=C([SH2+])Oc2cc(C)c(CCN(C)C)cc2C)cc1. The van der Waals surface area contributed by atoms with E-state index in [4.69, 9.17) is 10.1 Å². The third-order valence-electron chi connectivity index (χ3n) is 4.21. The molecular formula is C21H28N3OS+. The number of aliphatic imine (C=N–C) groups is 1. The molecule has 2 aromatic rings. The smallest absolute Gasteiger partial charge is 0.402 e. The lowest BCUT2D eigenvalue weighted by atomic mass is 10.0. The van der Waals surface area contributed by atoms with E-state index in [9.17, 15) is 0 Å². The maximum atomic E-state index is 8.12. The van der Waals surface area contributed by atoms with Crippen molar-refractivity contribution in [3.05, 3.63) is 64.2 Å². The van der Waals surface area contributed by atoms with Crippen molar-refractivity contribution in [2.45, 2.75) is 27.2 Å². The molecule has 0 radical (unpaired) electrons. The molecule has 5 heteroatoms. The molecule has 0 saturated carbocycles. The van der Waals surface area contributed by atoms with Crippen molar-refractivity contribution in [3.8, 4) is 5.75 Å². The molecule has 2 rings (SSSR count). The first kappa shape index (κ1) is 20.2. The molecule has 1 N–H and O–H groups in total. The van der Waals surface area contributed by atoms with Crippen LogP contribution in [0.1, 0.15) is 27.8 Å². The summed E-state index contributed by atoms with van der Waals surface area (Å²) in [6.45, 7) is 7.15. The van der Waals surface area contributed by atoms with Crippen molar-refractivity contribution in [2.24, 2.45) is 4.99 Å². The Hall–Kier alpha value is -2.11. The fourth-order valence-corrected chi connectivity index (χ4v) is 2.80. The molecule has 2 aromatic carbocycles. The van der Waals surface area contributed by atoms with E-state index in [1.165, 1.54) is 11.1 Å². The van der Waals surface area contributed by atoms with Gasteiger partial charge in [-0.2, -0.15) is 0 Å². The first-order valence-electron chi connectivity index (χ1n) is 8.65. The molecule has 0 bridgehead atoms. The highest BCUT2D eigenvalue weighted by Gasteiger charge is 2.12. The average Bonchev–Trinajstić information content (AvgIpc) is 2.57. The zero-order chi connectivity index (χ0) is 19.3. The van der Waals surface area contributed by atoms with Gasteiger partial charge in [0.05, 0.1) is 12.6 Å². The Morgan fingerprint density at radius 3 is 2.35 bits per heavy atom. The summed E-state index contributed by atoms with van der Waals surface area (Å²) in [5.41, 5.74) is 5.48. The number of ether oxygens (including phenoxy) is 1. The zero-order valence-electron chi connectivity index (χ0n) is 16.2. The van der Waals surface area contributed by atoms with E-state index >= 15 is 0 Å². The second-order valence-electron chi connectivity index (χ2n) is 6.83. The van der Waals surface area contributed by atoms with Crippen LogP contribution in [0, 0.1) is 26.2 Å². The van der Waals surface area contributed by atoms with Gasteiger partial charge in [0.1, 0.15) is 5.75 Å². The van der Waals surface area contributed by atoms with E-state index < -0.39 is 0 Å². The topological polar surface area (TPSA) is 48.7 Å². The summed E-state index contributed by atoms with van der Waals surface area (Å²) in [5, 5.41) is 8.40. The van der Waals surface area contributed by atoms with E-state index in [-0.39, 0.29) is 11.1 Å². The monoisotopic (exact) mass is 370 g/mol. The molecular weight excluding hydrogens is 342 g/mol. The van der Waals surface area contributed by atoms with Gasteiger partial charge in [-0.15, -0.1) is 4.99 Å². The summed E-state index contributed by atoms with van der Waals surface area (Å²) in [6, 6.07) is 11.9. The summed E-state index contributed by atoms with van der Waals surface area (Å²) in [5.74, 6) is 0.911. The van der Waals surface area contributed by atoms with Crippen LogP contribution in [0.15, 0.2) is 41.4 Å². The molecule has 0 atom stereocenters. The molecule has 0 aliphatic carbocycles. The molecule has 0 unspecified atom stereocenters. The highest BCUT2D eigenvalue weighted by atomic mass is 32.1. The molecule has 4 nitrogen and oxygen atoms in total. The van der Waals surface area contributed by atoms with Crippen molar-refractivity contribution in [3.63, 3.8) is 0 Å². The van der Waals surface area contributed by atoms with Gasteiger partial charge in [0.15, 0.2) is 5.84 Å². The number of hydrogen-bond acceptors (Lipinski definition) is 3. The lowest BCUT2D eigenvalue weighted by Crippen LogP contribution is -2.16. The van der Waals surface area contributed by atoms with Crippen LogP contribution < -0.4 is 4.74 Å². The van der Waals surface area contributed by atoms with E-state index in [2.05, 4.69) is 49.6 Å². The van der Waals surface area contributed by atoms with Gasteiger partial charge in [-0.05, 0) is 64.0 Å². The molecule has 0 amide bonds. The number of aryl methyl sites for hydroxylation is 3. The van der Waals surface area contributed by atoms with Crippen molar-refractivity contribution < 1.29 is 4.74 Å². The maximum absolute atomic E-state index is 8.12. The van der Waals surface area contributed by atoms with Crippen LogP contribution in [-0.4, -0.2) is 36.6 Å². The van der Waals surface area contributed by atoms with Gasteiger partial charge in [-0.1, -0.05) is 35.9 Å². The number of nitrogens with one attached hydrogen (secondary N) is 1.